The zero-order chi connectivity index (χ0) is 18.7. The number of hydrogen-bond acceptors (Lipinski definition) is 3. The summed E-state index contributed by atoms with van der Waals surface area (Å²) >= 11 is 0. The SMILES string of the molecule is CCNC(=NCCCN(C(C)C)C(C)C)NCCc1ccc(C)nc1. The van der Waals surface area contributed by atoms with Crippen LogP contribution in [0.4, 0.5) is 0 Å². The molecule has 0 unspecified atom stereocenters. The fraction of sp³-hybridized carbons (Fsp3) is 0.700. The largest absolute Gasteiger partial charge is 0.357 e. The van der Waals surface area contributed by atoms with Crippen molar-refractivity contribution in [2.45, 2.75) is 66.5 Å². The van der Waals surface area contributed by atoms with Crippen LogP contribution in [0.2, 0.25) is 0 Å². The molecule has 0 saturated carbocycles. The van der Waals surface area contributed by atoms with E-state index in [0.29, 0.717) is 12.1 Å². The highest BCUT2D eigenvalue weighted by Gasteiger charge is 2.12. The molecule has 0 aliphatic heterocycles. The molecule has 142 valence electrons. The van der Waals surface area contributed by atoms with Crippen molar-refractivity contribution in [1.29, 1.82) is 0 Å². The fourth-order valence-corrected chi connectivity index (χ4v) is 2.87. The second-order valence-electron chi connectivity index (χ2n) is 7.02. The first-order valence-electron chi connectivity index (χ1n) is 9.63. The molecule has 0 aliphatic rings. The highest BCUT2D eigenvalue weighted by molar-refractivity contribution is 5.79. The first-order valence-corrected chi connectivity index (χ1v) is 9.63. The molecule has 1 heterocycles. The predicted octanol–water partition coefficient (Wildman–Crippen LogP) is 3.00. The van der Waals surface area contributed by atoms with Crippen molar-refractivity contribution >= 4 is 5.96 Å². The van der Waals surface area contributed by atoms with Gasteiger partial charge in [0.1, 0.15) is 0 Å². The molecule has 5 heteroatoms. The van der Waals surface area contributed by atoms with Gasteiger partial charge in [-0.15, -0.1) is 0 Å². The number of aromatic nitrogens is 1. The van der Waals surface area contributed by atoms with Crippen LogP contribution in [0.25, 0.3) is 0 Å². The van der Waals surface area contributed by atoms with Gasteiger partial charge in [-0.25, -0.2) is 0 Å². The molecule has 0 saturated heterocycles. The number of hydrogen-bond donors (Lipinski definition) is 2. The predicted molar refractivity (Wildman–Crippen MR) is 108 cm³/mol. The molecular formula is C20H37N5. The van der Waals surface area contributed by atoms with E-state index in [-0.39, 0.29) is 0 Å². The number of rotatable bonds is 10. The minimum Gasteiger partial charge on any atom is -0.357 e. The van der Waals surface area contributed by atoms with Crippen LogP contribution in [0, 0.1) is 6.92 Å². The quantitative estimate of drug-likeness (QED) is 0.388. The highest BCUT2D eigenvalue weighted by atomic mass is 15.2. The summed E-state index contributed by atoms with van der Waals surface area (Å²) < 4.78 is 0. The lowest BCUT2D eigenvalue weighted by atomic mass is 10.2. The van der Waals surface area contributed by atoms with Gasteiger partial charge in [-0.3, -0.25) is 14.9 Å². The maximum absolute atomic E-state index is 4.70. The average Bonchev–Trinajstić information content (AvgIpc) is 2.55. The van der Waals surface area contributed by atoms with Crippen molar-refractivity contribution in [2.24, 2.45) is 4.99 Å². The average molecular weight is 348 g/mol. The van der Waals surface area contributed by atoms with Gasteiger partial charge in [0.2, 0.25) is 0 Å². The smallest absolute Gasteiger partial charge is 0.191 e. The normalized spacial score (nSPS) is 12.3. The van der Waals surface area contributed by atoms with Crippen molar-refractivity contribution < 1.29 is 0 Å². The third kappa shape index (κ3) is 8.87. The summed E-state index contributed by atoms with van der Waals surface area (Å²) in [6, 6.07) is 5.36. The molecule has 0 fully saturated rings. The third-order valence-corrected chi connectivity index (χ3v) is 4.19. The van der Waals surface area contributed by atoms with E-state index in [9.17, 15) is 0 Å². The van der Waals surface area contributed by atoms with Crippen molar-refractivity contribution in [3.63, 3.8) is 0 Å². The van der Waals surface area contributed by atoms with Gasteiger partial charge in [-0.2, -0.15) is 0 Å². The Bertz CT molecular complexity index is 485. The molecule has 0 aromatic carbocycles. The lowest BCUT2D eigenvalue weighted by Gasteiger charge is -2.30. The molecule has 0 atom stereocenters. The number of nitrogens with zero attached hydrogens (tertiary/aromatic N) is 3. The van der Waals surface area contributed by atoms with E-state index >= 15 is 0 Å². The first kappa shape index (κ1) is 21.4. The minimum absolute atomic E-state index is 0.582. The molecule has 0 amide bonds. The molecule has 1 aromatic heterocycles. The molecule has 0 spiro atoms. The lowest BCUT2D eigenvalue weighted by molar-refractivity contribution is 0.174. The molecule has 5 nitrogen and oxygen atoms in total. The zero-order valence-electron chi connectivity index (χ0n) is 17.0. The Morgan fingerprint density at radius 1 is 1.16 bits per heavy atom. The van der Waals surface area contributed by atoms with Crippen molar-refractivity contribution in [1.82, 2.24) is 20.5 Å². The monoisotopic (exact) mass is 347 g/mol. The molecule has 0 radical (unpaired) electrons. The van der Waals surface area contributed by atoms with Gasteiger partial charge in [-0.05, 0) is 66.0 Å². The lowest BCUT2D eigenvalue weighted by Crippen LogP contribution is -2.39. The maximum atomic E-state index is 4.70. The van der Waals surface area contributed by atoms with Crippen LogP contribution >= 0.6 is 0 Å². The maximum Gasteiger partial charge on any atom is 0.191 e. The van der Waals surface area contributed by atoms with E-state index < -0.39 is 0 Å². The van der Waals surface area contributed by atoms with Crippen LogP contribution in [0.1, 0.15) is 52.3 Å². The van der Waals surface area contributed by atoms with E-state index in [0.717, 1.165) is 50.7 Å². The fourth-order valence-electron chi connectivity index (χ4n) is 2.87. The zero-order valence-corrected chi connectivity index (χ0v) is 17.0. The molecule has 1 aromatic rings. The van der Waals surface area contributed by atoms with Crippen LogP contribution in [0.3, 0.4) is 0 Å². The Morgan fingerprint density at radius 3 is 2.44 bits per heavy atom. The molecular weight excluding hydrogens is 310 g/mol. The number of aryl methyl sites for hydroxylation is 1. The Labute approximate surface area is 154 Å². The molecule has 1 rings (SSSR count). The van der Waals surface area contributed by atoms with Crippen LogP contribution < -0.4 is 10.6 Å². The van der Waals surface area contributed by atoms with E-state index in [2.05, 4.69) is 67.3 Å². The molecule has 0 aliphatic carbocycles. The van der Waals surface area contributed by atoms with Crippen molar-refractivity contribution in [2.75, 3.05) is 26.2 Å². The number of guanidine groups is 1. The summed E-state index contributed by atoms with van der Waals surface area (Å²) in [5, 5.41) is 6.74. The Hall–Kier alpha value is -1.62. The van der Waals surface area contributed by atoms with Gasteiger partial charge in [0, 0.05) is 50.2 Å². The van der Waals surface area contributed by atoms with Gasteiger partial charge in [-0.1, -0.05) is 6.07 Å². The summed E-state index contributed by atoms with van der Waals surface area (Å²) in [5.41, 5.74) is 2.31. The van der Waals surface area contributed by atoms with E-state index in [1.807, 2.05) is 13.1 Å². The third-order valence-electron chi connectivity index (χ3n) is 4.19. The standard InChI is InChI=1S/C20H37N5/c1-7-21-20(22-12-8-14-25(16(2)3)17(4)5)23-13-11-19-10-9-18(6)24-15-19/h9-10,15-17H,7-8,11-14H2,1-6H3,(H2,21,22,23). The Balaban J connectivity index is 2.38. The number of nitrogens with one attached hydrogen (secondary N) is 2. The molecule has 2 N–H and O–H groups in total. The van der Waals surface area contributed by atoms with Crippen molar-refractivity contribution in [3.8, 4) is 0 Å². The van der Waals surface area contributed by atoms with E-state index in [4.69, 9.17) is 4.99 Å². The topological polar surface area (TPSA) is 52.6 Å². The second kappa shape index (κ2) is 11.9. The van der Waals surface area contributed by atoms with Crippen LogP contribution in [0.15, 0.2) is 23.3 Å². The number of pyridine rings is 1. The van der Waals surface area contributed by atoms with Gasteiger partial charge in [0.25, 0.3) is 0 Å². The Kier molecular flexibility index (Phi) is 10.2. The second-order valence-corrected chi connectivity index (χ2v) is 7.02. The van der Waals surface area contributed by atoms with Crippen LogP contribution in [0.5, 0.6) is 0 Å². The van der Waals surface area contributed by atoms with Crippen LogP contribution in [-0.4, -0.2) is 54.1 Å². The van der Waals surface area contributed by atoms with Gasteiger partial charge < -0.3 is 10.6 Å². The summed E-state index contributed by atoms with van der Waals surface area (Å²) in [7, 11) is 0. The summed E-state index contributed by atoms with van der Waals surface area (Å²) in [6.07, 6.45) is 3.98. The highest BCUT2D eigenvalue weighted by Crippen LogP contribution is 2.05. The van der Waals surface area contributed by atoms with Crippen molar-refractivity contribution in [3.05, 3.63) is 29.6 Å². The molecule has 0 bridgehead atoms. The van der Waals surface area contributed by atoms with Gasteiger partial charge in [0.15, 0.2) is 5.96 Å². The minimum atomic E-state index is 0.582. The van der Waals surface area contributed by atoms with Crippen LogP contribution in [-0.2, 0) is 6.42 Å². The van der Waals surface area contributed by atoms with Gasteiger partial charge >= 0.3 is 0 Å². The summed E-state index contributed by atoms with van der Waals surface area (Å²) in [4.78, 5) is 11.6. The first-order chi connectivity index (χ1) is 11.9. The summed E-state index contributed by atoms with van der Waals surface area (Å²) in [6.45, 7) is 16.8. The van der Waals surface area contributed by atoms with E-state index in [1.54, 1.807) is 0 Å². The number of aliphatic imine (C=N–C) groups is 1. The van der Waals surface area contributed by atoms with Gasteiger partial charge in [0.05, 0.1) is 0 Å². The van der Waals surface area contributed by atoms with E-state index in [1.165, 1.54) is 5.56 Å². The summed E-state index contributed by atoms with van der Waals surface area (Å²) in [5.74, 6) is 0.906. The Morgan fingerprint density at radius 2 is 1.88 bits per heavy atom. The molecule has 25 heavy (non-hydrogen) atoms.